The minimum absolute atomic E-state index is 0.0888. The summed E-state index contributed by atoms with van der Waals surface area (Å²) in [4.78, 5) is 14.1. The van der Waals surface area contributed by atoms with Crippen LogP contribution in [0.5, 0.6) is 0 Å². The monoisotopic (exact) mass is 240 g/mol. The van der Waals surface area contributed by atoms with E-state index in [1.807, 2.05) is 6.92 Å². The Morgan fingerprint density at radius 2 is 2.35 bits per heavy atom. The number of azide groups is 1. The van der Waals surface area contributed by atoms with E-state index in [4.69, 9.17) is 10.3 Å². The Bertz CT molecular complexity index is 283. The highest BCUT2D eigenvalue weighted by atomic mass is 16.5. The quantitative estimate of drug-likeness (QED) is 0.304. The second kappa shape index (κ2) is 7.92. The number of amides is 1. The lowest BCUT2D eigenvalue weighted by molar-refractivity contribution is -0.124. The van der Waals surface area contributed by atoms with Gasteiger partial charge in [0.15, 0.2) is 0 Å². The van der Waals surface area contributed by atoms with Crippen LogP contribution in [0.25, 0.3) is 10.4 Å². The van der Waals surface area contributed by atoms with Gasteiger partial charge in [-0.2, -0.15) is 0 Å². The van der Waals surface area contributed by atoms with Gasteiger partial charge in [-0.3, -0.25) is 4.79 Å². The molecule has 0 bridgehead atoms. The fourth-order valence-corrected chi connectivity index (χ4v) is 1.97. The molecule has 0 unspecified atom stereocenters. The first-order valence-corrected chi connectivity index (χ1v) is 6.15. The van der Waals surface area contributed by atoms with Crippen molar-refractivity contribution in [2.45, 2.75) is 38.7 Å². The van der Waals surface area contributed by atoms with Gasteiger partial charge in [-0.05, 0) is 37.6 Å². The summed E-state index contributed by atoms with van der Waals surface area (Å²) in [6.07, 6.45) is 3.65. The molecule has 0 aromatic rings. The topological polar surface area (TPSA) is 87.1 Å². The number of carbonyl (C=O) groups is 1. The smallest absolute Gasteiger partial charge is 0.220 e. The SMILES string of the molecule is CCOC1CC(CC(=O)NCCCN=[N+]=[N-])C1. The molecule has 0 atom stereocenters. The summed E-state index contributed by atoms with van der Waals surface area (Å²) in [6, 6.07) is 0. The van der Waals surface area contributed by atoms with Gasteiger partial charge >= 0.3 is 0 Å². The summed E-state index contributed by atoms with van der Waals surface area (Å²) in [6.45, 7) is 3.76. The molecule has 0 spiro atoms. The lowest BCUT2D eigenvalue weighted by Gasteiger charge is -2.34. The lowest BCUT2D eigenvalue weighted by Crippen LogP contribution is -2.36. The number of carbonyl (C=O) groups excluding carboxylic acids is 1. The average Bonchev–Trinajstić information content (AvgIpc) is 2.26. The Morgan fingerprint density at radius 3 is 3.00 bits per heavy atom. The van der Waals surface area contributed by atoms with Crippen LogP contribution in [-0.4, -0.2) is 31.7 Å². The zero-order chi connectivity index (χ0) is 12.5. The Balaban J connectivity index is 1.97. The predicted octanol–water partition coefficient (Wildman–Crippen LogP) is 2.01. The van der Waals surface area contributed by atoms with Crippen molar-refractivity contribution in [1.82, 2.24) is 5.32 Å². The van der Waals surface area contributed by atoms with Gasteiger partial charge < -0.3 is 10.1 Å². The Labute approximate surface area is 101 Å². The number of ether oxygens (including phenoxy) is 1. The molecule has 6 nitrogen and oxygen atoms in total. The first kappa shape index (κ1) is 13.8. The minimum atomic E-state index is 0.0888. The lowest BCUT2D eigenvalue weighted by atomic mass is 9.80. The first-order chi connectivity index (χ1) is 8.26. The van der Waals surface area contributed by atoms with Gasteiger partial charge in [0, 0.05) is 31.0 Å². The maximum absolute atomic E-state index is 11.5. The average molecular weight is 240 g/mol. The molecule has 96 valence electrons. The van der Waals surface area contributed by atoms with Crippen molar-refractivity contribution in [1.29, 1.82) is 0 Å². The molecule has 0 radical (unpaired) electrons. The Kier molecular flexibility index (Phi) is 6.43. The van der Waals surface area contributed by atoms with Gasteiger partial charge in [-0.1, -0.05) is 5.11 Å². The molecule has 1 amide bonds. The Hall–Kier alpha value is -1.26. The van der Waals surface area contributed by atoms with Crippen molar-refractivity contribution in [3.63, 3.8) is 0 Å². The summed E-state index contributed by atoms with van der Waals surface area (Å²) in [5.74, 6) is 0.564. The van der Waals surface area contributed by atoms with E-state index < -0.39 is 0 Å². The molecule has 0 aromatic heterocycles. The minimum Gasteiger partial charge on any atom is -0.378 e. The third-order valence-electron chi connectivity index (χ3n) is 2.89. The maximum Gasteiger partial charge on any atom is 0.220 e. The third kappa shape index (κ3) is 5.56. The van der Waals surface area contributed by atoms with Crippen molar-refractivity contribution >= 4 is 5.91 Å². The van der Waals surface area contributed by atoms with Crippen molar-refractivity contribution in [3.05, 3.63) is 10.4 Å². The van der Waals surface area contributed by atoms with Gasteiger partial charge in [-0.15, -0.1) is 0 Å². The predicted molar refractivity (Wildman–Crippen MR) is 64.4 cm³/mol. The van der Waals surface area contributed by atoms with Crippen molar-refractivity contribution in [2.75, 3.05) is 19.7 Å². The number of nitrogens with zero attached hydrogens (tertiary/aromatic N) is 3. The highest BCUT2D eigenvalue weighted by molar-refractivity contribution is 5.76. The number of hydrogen-bond donors (Lipinski definition) is 1. The number of nitrogens with one attached hydrogen (secondary N) is 1. The molecule has 17 heavy (non-hydrogen) atoms. The molecule has 0 aliphatic heterocycles. The number of hydrogen-bond acceptors (Lipinski definition) is 3. The molecular weight excluding hydrogens is 220 g/mol. The van der Waals surface area contributed by atoms with E-state index in [0.29, 0.717) is 38.0 Å². The second-order valence-corrected chi connectivity index (χ2v) is 4.28. The summed E-state index contributed by atoms with van der Waals surface area (Å²) in [7, 11) is 0. The normalized spacial score (nSPS) is 22.4. The molecule has 0 aromatic carbocycles. The second-order valence-electron chi connectivity index (χ2n) is 4.28. The largest absolute Gasteiger partial charge is 0.378 e. The molecule has 0 heterocycles. The van der Waals surface area contributed by atoms with E-state index in [9.17, 15) is 4.79 Å². The molecular formula is C11H20N4O2. The molecule has 1 saturated carbocycles. The molecule has 1 N–H and O–H groups in total. The molecule has 1 aliphatic rings. The van der Waals surface area contributed by atoms with Crippen LogP contribution in [0.4, 0.5) is 0 Å². The van der Waals surface area contributed by atoms with Crippen LogP contribution in [0.1, 0.15) is 32.6 Å². The highest BCUT2D eigenvalue weighted by Crippen LogP contribution is 2.32. The van der Waals surface area contributed by atoms with Crippen LogP contribution >= 0.6 is 0 Å². The van der Waals surface area contributed by atoms with Crippen LogP contribution in [0.15, 0.2) is 5.11 Å². The van der Waals surface area contributed by atoms with Crippen LogP contribution in [0.3, 0.4) is 0 Å². The van der Waals surface area contributed by atoms with Crippen LogP contribution in [-0.2, 0) is 9.53 Å². The van der Waals surface area contributed by atoms with Crippen molar-refractivity contribution < 1.29 is 9.53 Å². The van der Waals surface area contributed by atoms with Gasteiger partial charge in [0.05, 0.1) is 6.10 Å². The first-order valence-electron chi connectivity index (χ1n) is 6.15. The fraction of sp³-hybridized carbons (Fsp3) is 0.909. The van der Waals surface area contributed by atoms with Crippen LogP contribution in [0.2, 0.25) is 0 Å². The molecule has 1 fully saturated rings. The van der Waals surface area contributed by atoms with Crippen molar-refractivity contribution in [3.8, 4) is 0 Å². The molecule has 0 saturated heterocycles. The summed E-state index contributed by atoms with van der Waals surface area (Å²) in [5, 5.41) is 6.22. The summed E-state index contributed by atoms with van der Waals surface area (Å²) >= 11 is 0. The molecule has 1 aliphatic carbocycles. The van der Waals surface area contributed by atoms with E-state index in [1.54, 1.807) is 0 Å². The summed E-state index contributed by atoms with van der Waals surface area (Å²) in [5.41, 5.74) is 8.06. The Morgan fingerprint density at radius 1 is 1.59 bits per heavy atom. The van der Waals surface area contributed by atoms with Crippen molar-refractivity contribution in [2.24, 2.45) is 11.0 Å². The fourth-order valence-electron chi connectivity index (χ4n) is 1.97. The van der Waals surface area contributed by atoms with Gasteiger partial charge in [0.2, 0.25) is 5.91 Å². The van der Waals surface area contributed by atoms with Gasteiger partial charge in [0.25, 0.3) is 0 Å². The van der Waals surface area contributed by atoms with E-state index in [1.165, 1.54) is 0 Å². The summed E-state index contributed by atoms with van der Waals surface area (Å²) < 4.78 is 5.44. The van der Waals surface area contributed by atoms with E-state index in [-0.39, 0.29) is 5.91 Å². The highest BCUT2D eigenvalue weighted by Gasteiger charge is 2.30. The zero-order valence-electron chi connectivity index (χ0n) is 10.3. The van der Waals surface area contributed by atoms with E-state index in [2.05, 4.69) is 15.3 Å². The van der Waals surface area contributed by atoms with Gasteiger partial charge in [-0.25, -0.2) is 0 Å². The van der Waals surface area contributed by atoms with Crippen LogP contribution in [0, 0.1) is 5.92 Å². The molecule has 6 heteroatoms. The van der Waals surface area contributed by atoms with Gasteiger partial charge in [0.1, 0.15) is 0 Å². The maximum atomic E-state index is 11.5. The zero-order valence-corrected chi connectivity index (χ0v) is 10.3. The van der Waals surface area contributed by atoms with E-state index in [0.717, 1.165) is 19.4 Å². The number of rotatable bonds is 8. The molecule has 1 rings (SSSR count). The third-order valence-corrected chi connectivity index (χ3v) is 2.89. The van der Waals surface area contributed by atoms with E-state index >= 15 is 0 Å². The standard InChI is InChI=1S/C11H20N4O2/c1-2-17-10-6-9(7-10)8-11(16)13-4-3-5-14-15-12/h9-10H,2-8H2,1H3,(H,13,16). The van der Waals surface area contributed by atoms with Crippen LogP contribution < -0.4 is 5.32 Å².